The van der Waals surface area contributed by atoms with Crippen molar-refractivity contribution in [2.24, 2.45) is 17.6 Å². The number of aliphatic hydroxyl groups excluding tert-OH is 1. The lowest BCUT2D eigenvalue weighted by Crippen LogP contribution is -2.59. The van der Waals surface area contributed by atoms with E-state index in [1.807, 2.05) is 13.8 Å². The molecule has 0 saturated heterocycles. The highest BCUT2D eigenvalue weighted by atomic mass is 16.4. The number of carboxylic acid groups (broad SMARTS) is 1. The van der Waals surface area contributed by atoms with E-state index >= 15 is 0 Å². The molecule has 27 heavy (non-hydrogen) atoms. The molecule has 10 heteroatoms. The van der Waals surface area contributed by atoms with Crippen molar-refractivity contribution in [1.29, 1.82) is 0 Å². The van der Waals surface area contributed by atoms with E-state index in [-0.39, 0.29) is 11.8 Å². The van der Waals surface area contributed by atoms with E-state index < -0.39 is 54.5 Å². The van der Waals surface area contributed by atoms with Crippen molar-refractivity contribution in [2.45, 2.75) is 65.2 Å². The second kappa shape index (κ2) is 11.5. The van der Waals surface area contributed by atoms with Gasteiger partial charge in [0.25, 0.3) is 0 Å². The molecule has 0 rings (SSSR count). The van der Waals surface area contributed by atoms with Gasteiger partial charge in [0.05, 0.1) is 12.6 Å². The smallest absolute Gasteiger partial charge is 0.325 e. The van der Waals surface area contributed by atoms with E-state index in [1.165, 1.54) is 6.92 Å². The van der Waals surface area contributed by atoms with Crippen LogP contribution in [0.5, 0.6) is 0 Å². The quantitative estimate of drug-likeness (QED) is 0.252. The Morgan fingerprint density at radius 2 is 1.48 bits per heavy atom. The molecule has 0 aliphatic heterocycles. The van der Waals surface area contributed by atoms with Gasteiger partial charge < -0.3 is 31.9 Å². The summed E-state index contributed by atoms with van der Waals surface area (Å²) in [5, 5.41) is 25.3. The third kappa shape index (κ3) is 7.92. The van der Waals surface area contributed by atoms with Crippen LogP contribution in [-0.2, 0) is 19.2 Å². The molecule has 0 aliphatic carbocycles. The minimum absolute atomic E-state index is 0.0747. The van der Waals surface area contributed by atoms with Crippen LogP contribution < -0.4 is 21.7 Å². The molecule has 156 valence electrons. The first-order valence-corrected chi connectivity index (χ1v) is 8.96. The molecule has 0 saturated carbocycles. The van der Waals surface area contributed by atoms with Crippen molar-refractivity contribution in [3.8, 4) is 0 Å². The monoisotopic (exact) mass is 388 g/mol. The van der Waals surface area contributed by atoms with Crippen LogP contribution in [0.3, 0.4) is 0 Å². The molecule has 0 aromatic carbocycles. The largest absolute Gasteiger partial charge is 0.480 e. The zero-order valence-electron chi connectivity index (χ0n) is 16.5. The molecule has 10 nitrogen and oxygen atoms in total. The maximum atomic E-state index is 12.5. The first kappa shape index (κ1) is 24.8. The predicted molar refractivity (Wildman–Crippen MR) is 98.5 cm³/mol. The molecule has 0 aliphatic rings. The summed E-state index contributed by atoms with van der Waals surface area (Å²) in [5.74, 6) is -3.63. The fraction of sp³-hybridized carbons (Fsp3) is 0.765. The zero-order chi connectivity index (χ0) is 21.3. The van der Waals surface area contributed by atoms with Gasteiger partial charge in [-0.2, -0.15) is 0 Å². The van der Waals surface area contributed by atoms with Crippen LogP contribution in [0, 0.1) is 11.8 Å². The van der Waals surface area contributed by atoms with Gasteiger partial charge in [-0.1, -0.05) is 34.1 Å². The number of rotatable bonds is 11. The van der Waals surface area contributed by atoms with Crippen LogP contribution in [0.15, 0.2) is 0 Å². The first-order valence-electron chi connectivity index (χ1n) is 8.96. The molecule has 7 N–H and O–H groups in total. The van der Waals surface area contributed by atoms with Crippen LogP contribution in [0.4, 0.5) is 0 Å². The molecule has 0 spiro atoms. The van der Waals surface area contributed by atoms with E-state index in [2.05, 4.69) is 16.0 Å². The summed E-state index contributed by atoms with van der Waals surface area (Å²) in [5.41, 5.74) is 5.88. The number of carbonyl (C=O) groups excluding carboxylic acids is 3. The van der Waals surface area contributed by atoms with E-state index in [1.54, 1.807) is 13.8 Å². The van der Waals surface area contributed by atoms with Gasteiger partial charge in [-0.3, -0.25) is 19.2 Å². The molecular weight excluding hydrogens is 356 g/mol. The van der Waals surface area contributed by atoms with Crippen LogP contribution in [0.25, 0.3) is 0 Å². The minimum atomic E-state index is -1.35. The van der Waals surface area contributed by atoms with E-state index in [4.69, 9.17) is 10.8 Å². The molecule has 5 unspecified atom stereocenters. The van der Waals surface area contributed by atoms with Gasteiger partial charge in [0.15, 0.2) is 0 Å². The second-order valence-corrected chi connectivity index (χ2v) is 6.95. The maximum Gasteiger partial charge on any atom is 0.325 e. The molecule has 0 bridgehead atoms. The molecular formula is C17H32N4O6. The standard InChI is InChI=1S/C17H32N4O6/c1-6-9(4)12(18)15(24)21-13(8(2)3)16(25)20-11(7-22)14(23)19-10(5)17(26)27/h8-13,22H,6-7,18H2,1-5H3,(H,19,23)(H,20,25)(H,21,24)(H,26,27). The van der Waals surface area contributed by atoms with E-state index in [9.17, 15) is 24.3 Å². The number of carbonyl (C=O) groups is 4. The van der Waals surface area contributed by atoms with Gasteiger partial charge in [-0.05, 0) is 18.8 Å². The van der Waals surface area contributed by atoms with Crippen molar-refractivity contribution in [1.82, 2.24) is 16.0 Å². The fourth-order valence-electron chi connectivity index (χ4n) is 2.13. The first-order chi connectivity index (χ1) is 12.5. The molecule has 0 fully saturated rings. The molecule has 0 aromatic rings. The second-order valence-electron chi connectivity index (χ2n) is 6.95. The summed E-state index contributed by atoms with van der Waals surface area (Å²) in [4.78, 5) is 47.6. The topological polar surface area (TPSA) is 171 Å². The Morgan fingerprint density at radius 1 is 0.926 bits per heavy atom. The lowest BCUT2D eigenvalue weighted by molar-refractivity contribution is -0.142. The number of aliphatic hydroxyl groups is 1. The van der Waals surface area contributed by atoms with Gasteiger partial charge in [-0.15, -0.1) is 0 Å². The van der Waals surface area contributed by atoms with Crippen molar-refractivity contribution in [3.63, 3.8) is 0 Å². The Kier molecular flexibility index (Phi) is 10.6. The van der Waals surface area contributed by atoms with Gasteiger partial charge in [0, 0.05) is 0 Å². The van der Waals surface area contributed by atoms with E-state index in [0.717, 1.165) is 0 Å². The van der Waals surface area contributed by atoms with Crippen molar-refractivity contribution in [3.05, 3.63) is 0 Å². The Morgan fingerprint density at radius 3 is 1.89 bits per heavy atom. The van der Waals surface area contributed by atoms with Crippen LogP contribution >= 0.6 is 0 Å². The maximum absolute atomic E-state index is 12.5. The average molecular weight is 388 g/mol. The third-order valence-electron chi connectivity index (χ3n) is 4.35. The normalized spacial score (nSPS) is 16.6. The van der Waals surface area contributed by atoms with Crippen LogP contribution in [0.1, 0.15) is 41.0 Å². The molecule has 5 atom stereocenters. The van der Waals surface area contributed by atoms with E-state index in [0.29, 0.717) is 6.42 Å². The van der Waals surface area contributed by atoms with Gasteiger partial charge in [0.1, 0.15) is 18.1 Å². The van der Waals surface area contributed by atoms with Crippen LogP contribution in [-0.4, -0.2) is 64.7 Å². The number of hydrogen-bond acceptors (Lipinski definition) is 6. The van der Waals surface area contributed by atoms with Gasteiger partial charge >= 0.3 is 5.97 Å². The summed E-state index contributed by atoms with van der Waals surface area (Å²) in [6.45, 7) is 7.66. The van der Waals surface area contributed by atoms with Gasteiger partial charge in [0.2, 0.25) is 17.7 Å². The predicted octanol–water partition coefficient (Wildman–Crippen LogP) is -1.43. The average Bonchev–Trinajstić information content (AvgIpc) is 2.61. The molecule has 3 amide bonds. The highest BCUT2D eigenvalue weighted by Crippen LogP contribution is 2.08. The van der Waals surface area contributed by atoms with Crippen molar-refractivity contribution >= 4 is 23.7 Å². The summed E-state index contributed by atoms with van der Waals surface area (Å²) in [6, 6.07) is -4.28. The van der Waals surface area contributed by atoms with Crippen molar-refractivity contribution in [2.75, 3.05) is 6.61 Å². The summed E-state index contributed by atoms with van der Waals surface area (Å²) in [6.07, 6.45) is 0.696. The number of nitrogens with two attached hydrogens (primary N) is 1. The summed E-state index contributed by atoms with van der Waals surface area (Å²) >= 11 is 0. The zero-order valence-corrected chi connectivity index (χ0v) is 16.5. The Bertz CT molecular complexity index is 540. The number of nitrogens with one attached hydrogen (secondary N) is 3. The Labute approximate surface area is 159 Å². The molecule has 0 radical (unpaired) electrons. The number of carboxylic acids is 1. The van der Waals surface area contributed by atoms with Crippen molar-refractivity contribution < 1.29 is 29.4 Å². The number of amides is 3. The Balaban J connectivity index is 5.07. The molecule has 0 heterocycles. The lowest BCUT2D eigenvalue weighted by Gasteiger charge is -2.27. The Hall–Kier alpha value is -2.20. The van der Waals surface area contributed by atoms with Crippen LogP contribution in [0.2, 0.25) is 0 Å². The fourth-order valence-corrected chi connectivity index (χ4v) is 2.13. The number of hydrogen-bond donors (Lipinski definition) is 6. The third-order valence-corrected chi connectivity index (χ3v) is 4.35. The summed E-state index contributed by atoms with van der Waals surface area (Å²) < 4.78 is 0. The summed E-state index contributed by atoms with van der Waals surface area (Å²) in [7, 11) is 0. The highest BCUT2D eigenvalue weighted by Gasteiger charge is 2.31. The lowest BCUT2D eigenvalue weighted by atomic mass is 9.97. The highest BCUT2D eigenvalue weighted by molar-refractivity contribution is 5.94. The minimum Gasteiger partial charge on any atom is -0.480 e. The van der Waals surface area contributed by atoms with Gasteiger partial charge in [-0.25, -0.2) is 0 Å². The number of aliphatic carboxylic acids is 1. The molecule has 0 aromatic heterocycles. The SMILES string of the molecule is CCC(C)C(N)C(=O)NC(C(=O)NC(CO)C(=O)NC(C)C(=O)O)C(C)C.